The Morgan fingerprint density at radius 2 is 1.76 bits per heavy atom. The highest BCUT2D eigenvalue weighted by Crippen LogP contribution is 2.36. The number of nitrogens with one attached hydrogen (secondary N) is 2. The summed E-state index contributed by atoms with van der Waals surface area (Å²) >= 11 is 0. The van der Waals surface area contributed by atoms with Crippen LogP contribution in [0.15, 0.2) is 66.7 Å². The predicted octanol–water partition coefficient (Wildman–Crippen LogP) is 2.76. The maximum atomic E-state index is 14.2. The molecule has 0 saturated heterocycles. The van der Waals surface area contributed by atoms with Gasteiger partial charge in [-0.25, -0.2) is 4.68 Å². The predicted molar refractivity (Wildman–Crippen MR) is 157 cm³/mol. The molecule has 3 aromatic carbocycles. The fraction of sp³-hybridized carbons (Fsp3) is 0.226. The maximum absolute atomic E-state index is 14.2. The van der Waals surface area contributed by atoms with E-state index in [-0.39, 0.29) is 19.0 Å². The zero-order valence-corrected chi connectivity index (χ0v) is 23.3. The van der Waals surface area contributed by atoms with Crippen LogP contribution in [0.2, 0.25) is 0 Å². The summed E-state index contributed by atoms with van der Waals surface area (Å²) in [4.78, 5) is 42.8. The van der Waals surface area contributed by atoms with Crippen LogP contribution in [0.3, 0.4) is 0 Å². The van der Waals surface area contributed by atoms with Crippen LogP contribution in [-0.4, -0.2) is 53.2 Å². The molecule has 2 N–H and O–H groups in total. The highest BCUT2D eigenvalue weighted by atomic mass is 16.2. The summed E-state index contributed by atoms with van der Waals surface area (Å²) in [5.41, 5.74) is 3.44. The smallest absolute Gasteiger partial charge is 0.251 e. The van der Waals surface area contributed by atoms with Gasteiger partial charge in [0.15, 0.2) is 0 Å². The minimum absolute atomic E-state index is 0.000333. The second kappa shape index (κ2) is 11.5. The number of benzene rings is 3. The molecule has 1 aromatic heterocycles. The van der Waals surface area contributed by atoms with E-state index < -0.39 is 23.9 Å². The van der Waals surface area contributed by atoms with Crippen LogP contribution in [0.5, 0.6) is 0 Å². The lowest BCUT2D eigenvalue weighted by atomic mass is 10.1. The van der Waals surface area contributed by atoms with Crippen molar-refractivity contribution in [1.29, 1.82) is 10.5 Å². The SMILES string of the molecule is CNC(C)C(=O)NC1CN(C(C)=O)c2cc(C#N)ccc2N(Cc2nn(-c3ccccc3C#N)c3ccccc23)C1=O. The number of rotatable bonds is 6. The van der Waals surface area contributed by atoms with Gasteiger partial charge in [0.2, 0.25) is 11.8 Å². The molecule has 2 unspecified atom stereocenters. The molecule has 0 spiro atoms. The second-order valence-electron chi connectivity index (χ2n) is 9.95. The first-order chi connectivity index (χ1) is 20.3. The van der Waals surface area contributed by atoms with Gasteiger partial charge in [-0.1, -0.05) is 30.3 Å². The minimum atomic E-state index is -1.07. The Hall–Kier alpha value is -5.52. The van der Waals surface area contributed by atoms with E-state index in [1.165, 1.54) is 16.7 Å². The van der Waals surface area contributed by atoms with Gasteiger partial charge in [0.1, 0.15) is 12.1 Å². The van der Waals surface area contributed by atoms with E-state index in [0.717, 1.165) is 10.9 Å². The third-order valence-electron chi connectivity index (χ3n) is 7.36. The number of hydrogen-bond donors (Lipinski definition) is 2. The average molecular weight is 561 g/mol. The monoisotopic (exact) mass is 560 g/mol. The van der Waals surface area contributed by atoms with E-state index in [2.05, 4.69) is 22.8 Å². The number of anilines is 2. The standard InChI is InChI=1S/C31H28N8O3/c1-19(34-3)30(41)35-25-18-37(20(2)40)29-14-21(15-32)12-13-28(29)38(31(25)42)17-24-23-9-5-7-11-27(23)39(36-24)26-10-6-4-8-22(26)16-33/h4-14,19,25,34H,17-18H2,1-3H3,(H,35,41). The molecule has 0 fully saturated rings. The number of aromatic nitrogens is 2. The van der Waals surface area contributed by atoms with Crippen LogP contribution >= 0.6 is 0 Å². The van der Waals surface area contributed by atoms with E-state index in [1.54, 1.807) is 55.1 Å². The molecule has 0 saturated carbocycles. The Kier molecular flexibility index (Phi) is 7.69. The average Bonchev–Trinajstić information content (AvgIpc) is 3.33. The molecule has 0 radical (unpaired) electrons. The molecule has 11 nitrogen and oxygen atoms in total. The number of nitriles is 2. The summed E-state index contributed by atoms with van der Waals surface area (Å²) in [6.45, 7) is 2.93. The fourth-order valence-electron chi connectivity index (χ4n) is 5.03. The highest BCUT2D eigenvalue weighted by molar-refractivity contribution is 6.08. The van der Waals surface area contributed by atoms with Crippen molar-refractivity contribution in [3.05, 3.63) is 83.6 Å². The van der Waals surface area contributed by atoms with Gasteiger partial charge in [0.25, 0.3) is 5.91 Å². The molecular formula is C31H28N8O3. The summed E-state index contributed by atoms with van der Waals surface area (Å²) in [7, 11) is 1.64. The highest BCUT2D eigenvalue weighted by Gasteiger charge is 2.37. The van der Waals surface area contributed by atoms with Crippen molar-refractivity contribution in [3.8, 4) is 17.8 Å². The van der Waals surface area contributed by atoms with Crippen molar-refractivity contribution in [3.63, 3.8) is 0 Å². The largest absolute Gasteiger partial charge is 0.341 e. The van der Waals surface area contributed by atoms with Crippen LogP contribution in [-0.2, 0) is 20.9 Å². The molecule has 42 heavy (non-hydrogen) atoms. The number of likely N-dealkylation sites (N-methyl/N-ethyl adjacent to an activating group) is 1. The van der Waals surface area contributed by atoms with Gasteiger partial charge in [-0.3, -0.25) is 14.4 Å². The number of hydrogen-bond acceptors (Lipinski definition) is 7. The van der Waals surface area contributed by atoms with Gasteiger partial charge in [0, 0.05) is 12.3 Å². The molecule has 210 valence electrons. The summed E-state index contributed by atoms with van der Waals surface area (Å²) in [5.74, 6) is -1.17. The van der Waals surface area contributed by atoms with Crippen LogP contribution < -0.4 is 20.4 Å². The Balaban J connectivity index is 1.67. The fourth-order valence-corrected chi connectivity index (χ4v) is 5.03. The zero-order chi connectivity index (χ0) is 30.0. The van der Waals surface area contributed by atoms with E-state index >= 15 is 0 Å². The Bertz CT molecular complexity index is 1800. The molecule has 5 rings (SSSR count). The van der Waals surface area contributed by atoms with Crippen molar-refractivity contribution in [2.75, 3.05) is 23.4 Å². The number of para-hydroxylation sites is 2. The molecule has 2 heterocycles. The maximum Gasteiger partial charge on any atom is 0.251 e. The molecular weight excluding hydrogens is 532 g/mol. The van der Waals surface area contributed by atoms with Crippen LogP contribution in [0.4, 0.5) is 11.4 Å². The van der Waals surface area contributed by atoms with Crippen molar-refractivity contribution < 1.29 is 14.4 Å². The summed E-state index contributed by atoms with van der Waals surface area (Å²) in [5, 5.41) is 30.6. The normalized spacial score (nSPS) is 15.4. The van der Waals surface area contributed by atoms with Gasteiger partial charge in [-0.15, -0.1) is 0 Å². The molecule has 2 atom stereocenters. The first-order valence-electron chi connectivity index (χ1n) is 13.3. The van der Waals surface area contributed by atoms with Gasteiger partial charge >= 0.3 is 0 Å². The van der Waals surface area contributed by atoms with Crippen LogP contribution in [0.25, 0.3) is 16.6 Å². The number of fused-ring (bicyclic) bond motifs is 2. The molecule has 11 heteroatoms. The Morgan fingerprint density at radius 3 is 2.48 bits per heavy atom. The molecule has 4 aromatic rings. The molecule has 1 aliphatic rings. The third-order valence-corrected chi connectivity index (χ3v) is 7.36. The third kappa shape index (κ3) is 5.05. The molecule has 0 aliphatic carbocycles. The number of carbonyl (C=O) groups is 3. The zero-order valence-electron chi connectivity index (χ0n) is 23.3. The van der Waals surface area contributed by atoms with Gasteiger partial charge in [-0.2, -0.15) is 15.6 Å². The quantitative estimate of drug-likeness (QED) is 0.369. The van der Waals surface area contributed by atoms with Gasteiger partial charge < -0.3 is 20.4 Å². The molecule has 1 aliphatic heterocycles. The van der Waals surface area contributed by atoms with E-state index in [1.807, 2.05) is 30.3 Å². The second-order valence-corrected chi connectivity index (χ2v) is 9.95. The summed E-state index contributed by atoms with van der Waals surface area (Å²) < 4.78 is 1.68. The van der Waals surface area contributed by atoms with E-state index in [0.29, 0.717) is 33.9 Å². The number of amides is 3. The van der Waals surface area contributed by atoms with Crippen molar-refractivity contribution in [2.24, 2.45) is 0 Å². The van der Waals surface area contributed by atoms with Gasteiger partial charge in [-0.05, 0) is 50.4 Å². The summed E-state index contributed by atoms with van der Waals surface area (Å²) in [6, 6.07) is 22.1. The van der Waals surface area contributed by atoms with E-state index in [9.17, 15) is 24.9 Å². The first-order valence-corrected chi connectivity index (χ1v) is 13.3. The van der Waals surface area contributed by atoms with Gasteiger partial charge in [0.05, 0.1) is 64.6 Å². The topological polar surface area (TPSA) is 147 Å². The minimum Gasteiger partial charge on any atom is -0.341 e. The number of nitrogens with zero attached hydrogens (tertiary/aromatic N) is 6. The lowest BCUT2D eigenvalue weighted by Gasteiger charge is -2.25. The Labute approximate surface area is 242 Å². The van der Waals surface area contributed by atoms with Crippen molar-refractivity contribution in [2.45, 2.75) is 32.5 Å². The number of carbonyl (C=O) groups excluding carboxylic acids is 3. The first kappa shape index (κ1) is 28.0. The lowest BCUT2D eigenvalue weighted by molar-refractivity contribution is -0.128. The van der Waals surface area contributed by atoms with Crippen LogP contribution in [0.1, 0.15) is 30.7 Å². The molecule has 3 amide bonds. The van der Waals surface area contributed by atoms with Crippen molar-refractivity contribution >= 4 is 40.0 Å². The van der Waals surface area contributed by atoms with Crippen LogP contribution in [0, 0.1) is 22.7 Å². The lowest BCUT2D eigenvalue weighted by Crippen LogP contribution is -2.55. The summed E-state index contributed by atoms with van der Waals surface area (Å²) in [6.07, 6.45) is 0. The van der Waals surface area contributed by atoms with E-state index in [4.69, 9.17) is 5.10 Å². The van der Waals surface area contributed by atoms with Crippen molar-refractivity contribution in [1.82, 2.24) is 20.4 Å². The molecule has 0 bridgehead atoms. The Morgan fingerprint density at radius 1 is 1.02 bits per heavy atom.